The fraction of sp³-hybridized carbons (Fsp3) is 0.440. The van der Waals surface area contributed by atoms with Crippen molar-refractivity contribution in [1.82, 2.24) is 4.90 Å². The maximum atomic E-state index is 5.85. The Balaban J connectivity index is 0.000000252. The van der Waals surface area contributed by atoms with Crippen molar-refractivity contribution in [1.29, 1.82) is 0 Å². The molecule has 2 heteroatoms. The second-order valence-electron chi connectivity index (χ2n) is 6.65. The summed E-state index contributed by atoms with van der Waals surface area (Å²) in [4.78, 5) is 2.36. The van der Waals surface area contributed by atoms with Crippen LogP contribution in [0.3, 0.4) is 0 Å². The molecule has 0 N–H and O–H groups in total. The molecule has 148 valence electrons. The van der Waals surface area contributed by atoms with Crippen LogP contribution in [0.2, 0.25) is 5.02 Å². The lowest BCUT2D eigenvalue weighted by Crippen LogP contribution is -2.26. The third-order valence-corrected chi connectivity index (χ3v) is 4.76. The van der Waals surface area contributed by atoms with E-state index in [9.17, 15) is 0 Å². The first-order chi connectivity index (χ1) is 13.1. The molecule has 0 amide bonds. The minimum atomic E-state index is 0.807. The molecule has 0 fully saturated rings. The zero-order valence-corrected chi connectivity index (χ0v) is 18.5. The van der Waals surface area contributed by atoms with Crippen LogP contribution in [0, 0.1) is 0 Å². The predicted octanol–water partition coefficient (Wildman–Crippen LogP) is 7.63. The molecule has 3 rings (SSSR count). The molecule has 0 aromatic heterocycles. The van der Waals surface area contributed by atoms with Gasteiger partial charge in [0.1, 0.15) is 0 Å². The van der Waals surface area contributed by atoms with Crippen LogP contribution in [0.1, 0.15) is 63.6 Å². The Kier molecular flexibility index (Phi) is 11.8. The van der Waals surface area contributed by atoms with Crippen molar-refractivity contribution in [2.75, 3.05) is 13.6 Å². The minimum Gasteiger partial charge on any atom is -0.302 e. The van der Waals surface area contributed by atoms with E-state index < -0.39 is 0 Å². The van der Waals surface area contributed by atoms with Crippen LogP contribution in [0.15, 0.2) is 54.6 Å². The Morgan fingerprint density at radius 1 is 1.00 bits per heavy atom. The van der Waals surface area contributed by atoms with Crippen LogP contribution in [0.25, 0.3) is 5.57 Å². The maximum absolute atomic E-state index is 5.85. The molecule has 0 aliphatic carbocycles. The number of fused-ring (bicyclic) bond motifs is 1. The number of likely N-dealkylation sites (N-methyl/N-ethyl adjacent to an activating group) is 1. The highest BCUT2D eigenvalue weighted by Gasteiger charge is 2.10. The van der Waals surface area contributed by atoms with E-state index in [1.54, 1.807) is 0 Å². The van der Waals surface area contributed by atoms with Gasteiger partial charge in [-0.05, 0) is 60.7 Å². The fourth-order valence-electron chi connectivity index (χ4n) is 3.18. The van der Waals surface area contributed by atoms with Crippen LogP contribution in [-0.4, -0.2) is 18.5 Å². The van der Waals surface area contributed by atoms with Gasteiger partial charge in [0.05, 0.1) is 0 Å². The average Bonchev–Trinajstić information content (AvgIpc) is 2.70. The fourth-order valence-corrected chi connectivity index (χ4v) is 3.31. The molecule has 0 unspecified atom stereocenters. The molecular formula is C25H36ClN. The van der Waals surface area contributed by atoms with Gasteiger partial charge in [0.25, 0.3) is 0 Å². The molecule has 27 heavy (non-hydrogen) atoms. The first kappa shape index (κ1) is 23.5. The van der Waals surface area contributed by atoms with Crippen LogP contribution >= 0.6 is 11.6 Å². The van der Waals surface area contributed by atoms with E-state index in [4.69, 9.17) is 11.6 Å². The third-order valence-electron chi connectivity index (χ3n) is 4.51. The molecule has 0 spiro atoms. The van der Waals surface area contributed by atoms with Gasteiger partial charge in [0.15, 0.2) is 0 Å². The zero-order valence-electron chi connectivity index (χ0n) is 17.8. The lowest BCUT2D eigenvalue weighted by Gasteiger charge is -2.24. The van der Waals surface area contributed by atoms with Crippen molar-refractivity contribution in [3.05, 3.63) is 76.3 Å². The Bertz CT molecular complexity index is 673. The summed E-state index contributed by atoms with van der Waals surface area (Å²) >= 11 is 5.85. The Hall–Kier alpha value is -1.57. The molecule has 0 bridgehead atoms. The standard InChI is InChI=1S/C13H17Cl.C10H13N.C2H6/c1-3-5-11(6-4-2)12-7-9-13(14)10-8-12;1-11-7-6-9-4-2-3-5-10(9)8-11;1-2/h5,7-10H,3-4,6H2,1-2H3;2-5H,6-8H2,1H3;1-2H3/b11-5+;;. The molecule has 1 nitrogen and oxygen atoms in total. The van der Waals surface area contributed by atoms with E-state index >= 15 is 0 Å². The monoisotopic (exact) mass is 385 g/mol. The lowest BCUT2D eigenvalue weighted by molar-refractivity contribution is 0.313. The summed E-state index contributed by atoms with van der Waals surface area (Å²) in [5.74, 6) is 0. The van der Waals surface area contributed by atoms with Crippen LogP contribution in [-0.2, 0) is 13.0 Å². The number of hydrogen-bond donors (Lipinski definition) is 0. The second kappa shape index (κ2) is 13.6. The van der Waals surface area contributed by atoms with E-state index in [0.29, 0.717) is 0 Å². The van der Waals surface area contributed by atoms with Crippen molar-refractivity contribution in [2.45, 2.75) is 59.9 Å². The van der Waals surface area contributed by atoms with E-state index in [0.717, 1.165) is 24.4 Å². The van der Waals surface area contributed by atoms with Crippen molar-refractivity contribution in [2.24, 2.45) is 0 Å². The highest BCUT2D eigenvalue weighted by molar-refractivity contribution is 6.30. The summed E-state index contributed by atoms with van der Waals surface area (Å²) in [6.07, 6.45) is 6.95. The Labute approximate surface area is 172 Å². The maximum Gasteiger partial charge on any atom is 0.0406 e. The Morgan fingerprint density at radius 2 is 1.63 bits per heavy atom. The van der Waals surface area contributed by atoms with Crippen molar-refractivity contribution >= 4 is 17.2 Å². The van der Waals surface area contributed by atoms with E-state index in [2.05, 4.69) is 68.3 Å². The quantitative estimate of drug-likeness (QED) is 0.522. The normalized spacial score (nSPS) is 13.6. The molecule has 0 atom stereocenters. The van der Waals surface area contributed by atoms with Crippen LogP contribution < -0.4 is 0 Å². The molecule has 2 aromatic carbocycles. The molecule has 2 aromatic rings. The summed E-state index contributed by atoms with van der Waals surface area (Å²) in [5.41, 5.74) is 5.77. The van der Waals surface area contributed by atoms with Crippen LogP contribution in [0.4, 0.5) is 0 Å². The molecule has 1 heterocycles. The van der Waals surface area contributed by atoms with Gasteiger partial charge in [-0.1, -0.05) is 88.2 Å². The van der Waals surface area contributed by atoms with Crippen molar-refractivity contribution in [3.63, 3.8) is 0 Å². The number of hydrogen-bond acceptors (Lipinski definition) is 1. The molecule has 1 aliphatic heterocycles. The van der Waals surface area contributed by atoms with E-state index in [-0.39, 0.29) is 0 Å². The first-order valence-electron chi connectivity index (χ1n) is 10.3. The summed E-state index contributed by atoms with van der Waals surface area (Å²) in [5, 5.41) is 0.807. The van der Waals surface area contributed by atoms with Gasteiger partial charge in [0, 0.05) is 18.1 Å². The van der Waals surface area contributed by atoms with Gasteiger partial charge in [-0.3, -0.25) is 0 Å². The second-order valence-corrected chi connectivity index (χ2v) is 7.09. The average molecular weight is 386 g/mol. The number of allylic oxidation sites excluding steroid dienone is 2. The zero-order chi connectivity index (χ0) is 20.1. The topological polar surface area (TPSA) is 3.24 Å². The van der Waals surface area contributed by atoms with Gasteiger partial charge in [-0.25, -0.2) is 0 Å². The predicted molar refractivity (Wildman–Crippen MR) is 122 cm³/mol. The van der Waals surface area contributed by atoms with Gasteiger partial charge in [0.2, 0.25) is 0 Å². The summed E-state index contributed by atoms with van der Waals surface area (Å²) < 4.78 is 0. The molecule has 1 aliphatic rings. The number of rotatable bonds is 4. The van der Waals surface area contributed by atoms with Crippen molar-refractivity contribution < 1.29 is 0 Å². The van der Waals surface area contributed by atoms with Gasteiger partial charge < -0.3 is 4.90 Å². The van der Waals surface area contributed by atoms with Gasteiger partial charge >= 0.3 is 0 Å². The molecule has 0 saturated carbocycles. The lowest BCUT2D eigenvalue weighted by atomic mass is 10.0. The number of nitrogens with zero attached hydrogens (tertiary/aromatic N) is 1. The molecule has 0 radical (unpaired) electrons. The third kappa shape index (κ3) is 8.32. The highest BCUT2D eigenvalue weighted by atomic mass is 35.5. The summed E-state index contributed by atoms with van der Waals surface area (Å²) in [6.45, 7) is 10.7. The summed E-state index contributed by atoms with van der Waals surface area (Å²) in [6, 6.07) is 16.8. The molecule has 0 saturated heterocycles. The number of halogens is 1. The van der Waals surface area contributed by atoms with E-state index in [1.165, 1.54) is 41.6 Å². The van der Waals surface area contributed by atoms with Gasteiger partial charge in [-0.2, -0.15) is 0 Å². The highest BCUT2D eigenvalue weighted by Crippen LogP contribution is 2.22. The Morgan fingerprint density at radius 3 is 2.22 bits per heavy atom. The van der Waals surface area contributed by atoms with Crippen LogP contribution in [0.5, 0.6) is 0 Å². The first-order valence-corrected chi connectivity index (χ1v) is 10.7. The van der Waals surface area contributed by atoms with Crippen molar-refractivity contribution in [3.8, 4) is 0 Å². The SMILES string of the molecule is CC.CC/C=C(\CCC)c1ccc(Cl)cc1.CN1CCc2ccccc2C1. The summed E-state index contributed by atoms with van der Waals surface area (Å²) in [7, 11) is 2.18. The number of benzene rings is 2. The minimum absolute atomic E-state index is 0.807. The smallest absolute Gasteiger partial charge is 0.0406 e. The largest absolute Gasteiger partial charge is 0.302 e. The van der Waals surface area contributed by atoms with E-state index in [1.807, 2.05) is 26.0 Å². The molecular weight excluding hydrogens is 350 g/mol. The van der Waals surface area contributed by atoms with Gasteiger partial charge in [-0.15, -0.1) is 0 Å².